The molecule has 4 aromatic rings. The van der Waals surface area contributed by atoms with E-state index in [0.717, 1.165) is 59.2 Å². The summed E-state index contributed by atoms with van der Waals surface area (Å²) in [6.07, 6.45) is 8.18. The van der Waals surface area contributed by atoms with E-state index in [1.165, 1.54) is 29.9 Å². The Kier molecular flexibility index (Phi) is 5.25. The molecule has 1 aliphatic heterocycles. The Labute approximate surface area is 201 Å². The van der Waals surface area contributed by atoms with Crippen LogP contribution in [0, 0.1) is 5.92 Å². The molecule has 178 valence electrons. The van der Waals surface area contributed by atoms with Crippen molar-refractivity contribution < 1.29 is 5.11 Å². The Hall–Kier alpha value is -3.05. The number of nitrogens with zero attached hydrogens (tertiary/aromatic N) is 7. The van der Waals surface area contributed by atoms with E-state index in [-0.39, 0.29) is 0 Å². The molecule has 0 amide bonds. The molecule has 10 nitrogen and oxygen atoms in total. The third-order valence-electron chi connectivity index (χ3n) is 6.64. The summed E-state index contributed by atoms with van der Waals surface area (Å²) in [5.74, 6) is 3.38. The van der Waals surface area contributed by atoms with E-state index in [1.54, 1.807) is 20.0 Å². The molecule has 1 aliphatic carbocycles. The zero-order chi connectivity index (χ0) is 23.3. The molecule has 1 saturated heterocycles. The number of anilines is 3. The molecule has 6 rings (SSSR count). The van der Waals surface area contributed by atoms with Crippen molar-refractivity contribution in [3.63, 3.8) is 0 Å². The van der Waals surface area contributed by atoms with Gasteiger partial charge >= 0.3 is 0 Å². The van der Waals surface area contributed by atoms with Crippen LogP contribution in [0.1, 0.15) is 56.0 Å². The predicted molar refractivity (Wildman–Crippen MR) is 131 cm³/mol. The molecule has 0 radical (unpaired) electrons. The van der Waals surface area contributed by atoms with Gasteiger partial charge in [-0.15, -0.1) is 16.4 Å². The second-order valence-corrected chi connectivity index (χ2v) is 11.0. The molecule has 0 bridgehead atoms. The molecule has 4 aromatic heterocycles. The van der Waals surface area contributed by atoms with Crippen molar-refractivity contribution >= 4 is 39.1 Å². The predicted octanol–water partition coefficient (Wildman–Crippen LogP) is 3.77. The number of aromatic amines is 1. The van der Waals surface area contributed by atoms with E-state index >= 15 is 0 Å². The molecule has 11 heteroatoms. The van der Waals surface area contributed by atoms with Gasteiger partial charge in [-0.05, 0) is 51.5 Å². The quantitative estimate of drug-likeness (QED) is 0.366. The van der Waals surface area contributed by atoms with Crippen LogP contribution < -0.4 is 10.2 Å². The molecule has 0 unspecified atom stereocenters. The van der Waals surface area contributed by atoms with Crippen molar-refractivity contribution in [3.05, 3.63) is 35.1 Å². The van der Waals surface area contributed by atoms with Crippen molar-refractivity contribution in [1.29, 1.82) is 0 Å². The standard InChI is InChI=1S/C23H29N9OS/c1-23(2,33)18-11-17-20(34-18)21(26-19-12-16(28-29-19)15-3-4-15)27-22(25-17)31-8-5-14(6-9-31)13-32-10-7-24-30-32/h7,10-12,14-15,33H,3-6,8-9,13H2,1-2H3,(H2,25,26,27,28,29). The van der Waals surface area contributed by atoms with Crippen molar-refractivity contribution in [3.8, 4) is 0 Å². The minimum Gasteiger partial charge on any atom is -0.385 e. The molecule has 2 fully saturated rings. The maximum Gasteiger partial charge on any atom is 0.227 e. The third-order valence-corrected chi connectivity index (χ3v) is 8.08. The van der Waals surface area contributed by atoms with Gasteiger partial charge in [-0.2, -0.15) is 10.1 Å². The first kappa shape index (κ1) is 21.5. The van der Waals surface area contributed by atoms with Crippen LogP contribution >= 0.6 is 11.3 Å². The number of piperidine rings is 1. The van der Waals surface area contributed by atoms with E-state index < -0.39 is 5.60 Å². The second kappa shape index (κ2) is 8.31. The number of aliphatic hydroxyl groups is 1. The number of hydrogen-bond acceptors (Lipinski definition) is 9. The Bertz CT molecular complexity index is 1280. The summed E-state index contributed by atoms with van der Waals surface area (Å²) in [4.78, 5) is 13.0. The fourth-order valence-electron chi connectivity index (χ4n) is 4.48. The summed E-state index contributed by atoms with van der Waals surface area (Å²) >= 11 is 1.52. The largest absolute Gasteiger partial charge is 0.385 e. The van der Waals surface area contributed by atoms with Crippen LogP contribution in [0.3, 0.4) is 0 Å². The van der Waals surface area contributed by atoms with Crippen molar-refractivity contribution in [1.82, 2.24) is 35.2 Å². The Balaban J connectivity index is 1.27. The van der Waals surface area contributed by atoms with Crippen molar-refractivity contribution in [2.75, 3.05) is 23.3 Å². The van der Waals surface area contributed by atoms with Gasteiger partial charge in [0.05, 0.1) is 22.0 Å². The molecule has 5 heterocycles. The lowest BCUT2D eigenvalue weighted by Crippen LogP contribution is -2.36. The third kappa shape index (κ3) is 4.37. The van der Waals surface area contributed by atoms with Gasteiger partial charge in [0.15, 0.2) is 11.6 Å². The normalized spacial score (nSPS) is 17.6. The lowest BCUT2D eigenvalue weighted by molar-refractivity contribution is 0.0826. The van der Waals surface area contributed by atoms with E-state index in [1.807, 2.05) is 16.9 Å². The maximum absolute atomic E-state index is 10.6. The fourth-order valence-corrected chi connectivity index (χ4v) is 5.52. The molecule has 3 N–H and O–H groups in total. The second-order valence-electron chi connectivity index (χ2n) is 9.92. The monoisotopic (exact) mass is 479 g/mol. The lowest BCUT2D eigenvalue weighted by atomic mass is 9.97. The molecular weight excluding hydrogens is 450 g/mol. The number of rotatable bonds is 7. The molecular formula is C23H29N9OS. The van der Waals surface area contributed by atoms with Crippen LogP contribution in [0.15, 0.2) is 24.5 Å². The molecule has 34 heavy (non-hydrogen) atoms. The number of hydrogen-bond donors (Lipinski definition) is 3. The average Bonchev–Trinajstić information content (AvgIpc) is 3.17. The zero-order valence-corrected chi connectivity index (χ0v) is 20.2. The number of H-pyrrole nitrogens is 1. The van der Waals surface area contributed by atoms with Crippen LogP contribution in [0.4, 0.5) is 17.6 Å². The van der Waals surface area contributed by atoms with Gasteiger partial charge < -0.3 is 15.3 Å². The highest BCUT2D eigenvalue weighted by Crippen LogP contribution is 2.41. The minimum absolute atomic E-state index is 0.562. The molecule has 0 atom stereocenters. The Morgan fingerprint density at radius 3 is 2.71 bits per heavy atom. The van der Waals surface area contributed by atoms with Crippen LogP contribution in [0.5, 0.6) is 0 Å². The number of thiophene rings is 1. The van der Waals surface area contributed by atoms with Crippen LogP contribution in [0.2, 0.25) is 0 Å². The first-order valence-corrected chi connectivity index (χ1v) is 12.7. The van der Waals surface area contributed by atoms with E-state index in [4.69, 9.17) is 9.97 Å². The Morgan fingerprint density at radius 2 is 2.00 bits per heavy atom. The van der Waals surface area contributed by atoms with E-state index in [2.05, 4.69) is 36.8 Å². The van der Waals surface area contributed by atoms with E-state index in [0.29, 0.717) is 17.8 Å². The van der Waals surface area contributed by atoms with Gasteiger partial charge in [0.25, 0.3) is 0 Å². The van der Waals surface area contributed by atoms with E-state index in [9.17, 15) is 5.11 Å². The summed E-state index contributed by atoms with van der Waals surface area (Å²) in [7, 11) is 0. The number of aromatic nitrogens is 7. The van der Waals surface area contributed by atoms with Gasteiger partial charge in [-0.3, -0.25) is 9.78 Å². The summed E-state index contributed by atoms with van der Waals surface area (Å²) in [6, 6.07) is 4.05. The highest BCUT2D eigenvalue weighted by molar-refractivity contribution is 7.19. The van der Waals surface area contributed by atoms with Crippen molar-refractivity contribution in [2.45, 2.75) is 57.6 Å². The maximum atomic E-state index is 10.6. The SMILES string of the molecule is CC(C)(O)c1cc2nc(N3CCC(Cn4ccnn4)CC3)nc(Nc3cc(C4CC4)[nH]n3)c2s1. The molecule has 1 saturated carbocycles. The van der Waals surface area contributed by atoms with Gasteiger partial charge in [-0.25, -0.2) is 4.98 Å². The van der Waals surface area contributed by atoms with Gasteiger partial charge in [0, 0.05) is 48.4 Å². The summed E-state index contributed by atoms with van der Waals surface area (Å²) in [6.45, 7) is 6.27. The smallest absolute Gasteiger partial charge is 0.227 e. The first-order chi connectivity index (χ1) is 16.4. The highest BCUT2D eigenvalue weighted by atomic mass is 32.1. The average molecular weight is 480 g/mol. The Morgan fingerprint density at radius 1 is 1.18 bits per heavy atom. The summed E-state index contributed by atoms with van der Waals surface area (Å²) in [5, 5.41) is 29.6. The van der Waals surface area contributed by atoms with Crippen LogP contribution in [0.25, 0.3) is 10.2 Å². The van der Waals surface area contributed by atoms with Crippen LogP contribution in [-0.2, 0) is 12.1 Å². The van der Waals surface area contributed by atoms with Crippen LogP contribution in [-0.4, -0.2) is 53.4 Å². The summed E-state index contributed by atoms with van der Waals surface area (Å²) in [5.41, 5.74) is 1.08. The molecule has 0 aromatic carbocycles. The number of fused-ring (bicyclic) bond motifs is 1. The molecule has 0 spiro atoms. The summed E-state index contributed by atoms with van der Waals surface area (Å²) < 4.78 is 2.84. The van der Waals surface area contributed by atoms with Gasteiger partial charge in [-0.1, -0.05) is 5.21 Å². The first-order valence-electron chi connectivity index (χ1n) is 11.9. The molecule has 2 aliphatic rings. The van der Waals surface area contributed by atoms with Crippen molar-refractivity contribution in [2.24, 2.45) is 5.92 Å². The van der Waals surface area contributed by atoms with Gasteiger partial charge in [0.1, 0.15) is 0 Å². The highest BCUT2D eigenvalue weighted by Gasteiger charge is 2.27. The fraction of sp³-hybridized carbons (Fsp3) is 0.522. The number of nitrogens with one attached hydrogen (secondary N) is 2. The topological polar surface area (TPSA) is 121 Å². The van der Waals surface area contributed by atoms with Gasteiger partial charge in [0.2, 0.25) is 5.95 Å². The zero-order valence-electron chi connectivity index (χ0n) is 19.4. The minimum atomic E-state index is -0.937. The lowest BCUT2D eigenvalue weighted by Gasteiger charge is -2.32.